The molecule has 1 amide bonds. The number of likely N-dealkylation sites (tertiary alicyclic amines) is 1. The van der Waals surface area contributed by atoms with Crippen molar-refractivity contribution in [2.75, 3.05) is 25.5 Å². The molecule has 3 unspecified atom stereocenters. The number of nitriles is 1. The van der Waals surface area contributed by atoms with Gasteiger partial charge in [0.1, 0.15) is 23.7 Å². The normalized spacial score (nSPS) is 21.0. The van der Waals surface area contributed by atoms with Gasteiger partial charge in [-0.05, 0) is 24.1 Å². The summed E-state index contributed by atoms with van der Waals surface area (Å²) in [7, 11) is 1.17. The Morgan fingerprint density at radius 3 is 2.92 bits per heavy atom. The molecule has 1 saturated heterocycles. The number of halogens is 1. The topological polar surface area (TPSA) is 163 Å². The predicted molar refractivity (Wildman–Crippen MR) is 126 cm³/mol. The smallest absolute Gasteiger partial charge is 0.412 e. The molecule has 0 spiro atoms. The fraction of sp³-hybridized carbons (Fsp3) is 0.375. The number of phenols is 1. The summed E-state index contributed by atoms with van der Waals surface area (Å²) in [4.78, 5) is 13.6. The van der Waals surface area contributed by atoms with Crippen molar-refractivity contribution in [3.63, 3.8) is 0 Å². The maximum Gasteiger partial charge on any atom is 0.412 e. The molecule has 1 aromatic carbocycles. The van der Waals surface area contributed by atoms with Gasteiger partial charge in [0.2, 0.25) is 0 Å². The molecule has 0 bridgehead atoms. The van der Waals surface area contributed by atoms with Crippen molar-refractivity contribution in [2.24, 2.45) is 5.73 Å². The second-order valence-corrected chi connectivity index (χ2v) is 8.69. The number of nitrogens with one attached hydrogen (secondary N) is 1. The quantitative estimate of drug-likeness (QED) is 0.359. The van der Waals surface area contributed by atoms with Crippen LogP contribution in [0.1, 0.15) is 30.2 Å². The Labute approximate surface area is 206 Å². The Bertz CT molecular complexity index is 1250. The average molecular weight is 499 g/mol. The summed E-state index contributed by atoms with van der Waals surface area (Å²) >= 11 is 0. The first-order chi connectivity index (χ1) is 17.3. The zero-order valence-electron chi connectivity index (χ0n) is 19.6. The second-order valence-electron chi connectivity index (χ2n) is 8.69. The third kappa shape index (κ3) is 4.90. The molecule has 1 aliphatic rings. The maximum atomic E-state index is 15.8. The number of phenolic OH excluding ortho intramolecular Hbond substituents is 1. The molecule has 4 rings (SSSR count). The number of amides is 1. The molecule has 5 N–H and O–H groups in total. The van der Waals surface area contributed by atoms with Crippen molar-refractivity contribution >= 4 is 11.9 Å². The van der Waals surface area contributed by atoms with Gasteiger partial charge in [0.15, 0.2) is 5.82 Å². The van der Waals surface area contributed by atoms with Crippen LogP contribution < -0.4 is 11.1 Å². The highest BCUT2D eigenvalue weighted by Gasteiger charge is 2.46. The van der Waals surface area contributed by atoms with Crippen LogP contribution in [0.25, 0.3) is 11.1 Å². The van der Waals surface area contributed by atoms with Gasteiger partial charge in [-0.1, -0.05) is 12.1 Å². The van der Waals surface area contributed by atoms with Gasteiger partial charge < -0.3 is 25.1 Å². The number of hydrogen-bond donors (Lipinski definition) is 4. The number of ether oxygens (including phenoxy) is 1. The number of aliphatic hydroxyl groups is 1. The number of aromatic nitrogens is 2. The maximum absolute atomic E-state index is 15.8. The van der Waals surface area contributed by atoms with Crippen LogP contribution in [0.5, 0.6) is 5.75 Å². The molecule has 0 radical (unpaired) electrons. The number of hydrogen-bond acceptors (Lipinski definition) is 9. The molecule has 190 valence electrons. The van der Waals surface area contributed by atoms with Crippen molar-refractivity contribution in [3.05, 3.63) is 54.1 Å². The highest BCUT2D eigenvalue weighted by molar-refractivity contribution is 5.84. The van der Waals surface area contributed by atoms with E-state index >= 15 is 4.39 Å². The number of aromatic hydroxyl groups is 1. The van der Waals surface area contributed by atoms with Gasteiger partial charge in [-0.2, -0.15) is 10.4 Å². The lowest BCUT2D eigenvalue weighted by Crippen LogP contribution is -2.54. The minimum atomic E-state index is -1.50. The number of benzene rings is 1. The van der Waals surface area contributed by atoms with E-state index < -0.39 is 24.0 Å². The molecule has 0 aliphatic carbocycles. The van der Waals surface area contributed by atoms with E-state index in [1.807, 2.05) is 17.0 Å². The van der Waals surface area contributed by atoms with E-state index in [1.54, 1.807) is 18.2 Å². The van der Waals surface area contributed by atoms with Crippen LogP contribution in [0.4, 0.5) is 15.0 Å². The summed E-state index contributed by atoms with van der Waals surface area (Å²) in [5.41, 5.74) is 6.55. The van der Waals surface area contributed by atoms with Gasteiger partial charge in [-0.3, -0.25) is 14.9 Å². The summed E-state index contributed by atoms with van der Waals surface area (Å²) < 4.78 is 26.7. The fourth-order valence-corrected chi connectivity index (χ4v) is 4.49. The third-order valence-corrected chi connectivity index (χ3v) is 6.47. The Morgan fingerprint density at radius 1 is 1.50 bits per heavy atom. The molecule has 1 fully saturated rings. The van der Waals surface area contributed by atoms with Gasteiger partial charge in [0.25, 0.3) is 0 Å². The minimum Gasteiger partial charge on any atom is -0.507 e. The summed E-state index contributed by atoms with van der Waals surface area (Å²) in [6, 6.07) is 9.07. The highest BCUT2D eigenvalue weighted by Crippen LogP contribution is 2.38. The minimum absolute atomic E-state index is 0.00601. The van der Waals surface area contributed by atoms with E-state index in [-0.39, 0.29) is 36.5 Å². The largest absolute Gasteiger partial charge is 0.507 e. The monoisotopic (exact) mass is 498 g/mol. The first-order valence-corrected chi connectivity index (χ1v) is 11.2. The number of carbonyl (C=O) groups excluding carboxylic acids is 1. The lowest BCUT2D eigenvalue weighted by Gasteiger charge is -2.43. The average Bonchev–Trinajstić information content (AvgIpc) is 3.52. The molecule has 3 atom stereocenters. The molecule has 11 nitrogen and oxygen atoms in total. The Morgan fingerprint density at radius 2 is 2.31 bits per heavy atom. The molecule has 12 heteroatoms. The number of rotatable bonds is 7. The summed E-state index contributed by atoms with van der Waals surface area (Å²) in [6.07, 6.45) is 0.656. The van der Waals surface area contributed by atoms with E-state index in [4.69, 9.17) is 10.2 Å². The van der Waals surface area contributed by atoms with Crippen LogP contribution in [0, 0.1) is 11.3 Å². The van der Waals surface area contributed by atoms with Crippen LogP contribution in [0.3, 0.4) is 0 Å². The molecule has 0 saturated carbocycles. The molecule has 3 heterocycles. The Balaban J connectivity index is 1.54. The summed E-state index contributed by atoms with van der Waals surface area (Å²) in [5.74, 6) is 0.0218. The number of nitrogens with two attached hydrogens (primary N) is 1. The first kappa shape index (κ1) is 25.2. The first-order valence-electron chi connectivity index (χ1n) is 11.2. The number of piperidine rings is 1. The van der Waals surface area contributed by atoms with Gasteiger partial charge in [0.05, 0.1) is 37.7 Å². The van der Waals surface area contributed by atoms with Gasteiger partial charge in [0, 0.05) is 37.0 Å². The number of anilines is 1. The van der Waals surface area contributed by atoms with Gasteiger partial charge in [-0.25, -0.2) is 9.18 Å². The zero-order valence-corrected chi connectivity index (χ0v) is 19.6. The highest BCUT2D eigenvalue weighted by atomic mass is 19.1. The summed E-state index contributed by atoms with van der Waals surface area (Å²) in [5, 5.41) is 36.5. The van der Waals surface area contributed by atoms with Crippen LogP contribution in [-0.4, -0.2) is 57.4 Å². The third-order valence-electron chi connectivity index (χ3n) is 6.47. The number of alkyl halides is 1. The van der Waals surface area contributed by atoms with Crippen molar-refractivity contribution in [1.82, 2.24) is 14.7 Å². The van der Waals surface area contributed by atoms with E-state index in [2.05, 4.69) is 15.2 Å². The predicted octanol–water partition coefficient (Wildman–Crippen LogP) is 2.83. The molecule has 3 aromatic rings. The Hall–Kier alpha value is -3.92. The van der Waals surface area contributed by atoms with Gasteiger partial charge >= 0.3 is 6.09 Å². The number of carbonyl (C=O) groups is 1. The lowest BCUT2D eigenvalue weighted by atomic mass is 9.83. The Kier molecular flexibility index (Phi) is 7.25. The van der Waals surface area contributed by atoms with Crippen LogP contribution >= 0.6 is 0 Å². The van der Waals surface area contributed by atoms with E-state index in [0.29, 0.717) is 18.7 Å². The zero-order chi connectivity index (χ0) is 25.9. The van der Waals surface area contributed by atoms with E-state index in [9.17, 15) is 20.3 Å². The van der Waals surface area contributed by atoms with E-state index in [0.717, 1.165) is 11.1 Å². The van der Waals surface area contributed by atoms with Crippen molar-refractivity contribution in [1.29, 1.82) is 5.26 Å². The van der Waals surface area contributed by atoms with Crippen LogP contribution in [0.15, 0.2) is 47.4 Å². The standard InChI is InChI=1S/C24H27FN6O5/c1-35-23(34)28-22-18(21(27)33)12-31(29-22)24(5-7-26)6-8-30(13-20(24)25)11-15-2-3-17(19(32)10-15)16-4-9-36-14-16/h2-4,9-10,12,14,20-21,32-33H,5-6,8,11,13,27H2,1H3,(H,28,29,34). The molecule has 2 aromatic heterocycles. The van der Waals surface area contributed by atoms with Crippen molar-refractivity contribution in [3.8, 4) is 22.9 Å². The number of methoxy groups -OCH3 is 1. The molecule has 1 aliphatic heterocycles. The fourth-order valence-electron chi connectivity index (χ4n) is 4.49. The van der Waals surface area contributed by atoms with Crippen LogP contribution in [0.2, 0.25) is 0 Å². The molecular formula is C24H27FN6O5. The number of furan rings is 1. The molecule has 36 heavy (non-hydrogen) atoms. The van der Waals surface area contributed by atoms with Gasteiger partial charge in [-0.15, -0.1) is 0 Å². The lowest BCUT2D eigenvalue weighted by molar-refractivity contribution is 0.00679. The van der Waals surface area contributed by atoms with Crippen LogP contribution in [-0.2, 0) is 16.8 Å². The van der Waals surface area contributed by atoms with Crippen molar-refractivity contribution < 1.29 is 28.6 Å². The number of nitrogens with zero attached hydrogens (tertiary/aromatic N) is 4. The second kappa shape index (κ2) is 10.4. The summed E-state index contributed by atoms with van der Waals surface area (Å²) in [6.45, 7) is 0.835. The molecular weight excluding hydrogens is 471 g/mol. The SMILES string of the molecule is COC(=O)Nc1nn(C2(CC#N)CCN(Cc3ccc(-c4ccoc4)c(O)c3)CC2F)cc1C(N)O. The number of aliphatic hydroxyl groups excluding tert-OH is 1. The van der Waals surface area contributed by atoms with Crippen molar-refractivity contribution in [2.45, 2.75) is 37.3 Å². The van der Waals surface area contributed by atoms with E-state index in [1.165, 1.54) is 30.5 Å².